The van der Waals surface area contributed by atoms with Crippen LogP contribution in [0.5, 0.6) is 5.75 Å². The summed E-state index contributed by atoms with van der Waals surface area (Å²) in [7, 11) is 0. The standard InChI is InChI=1S/C21H25NO.BrH/c1-15-20-12-17-8-9-18(23)13-19(17)21(15,2)10-11-22(20)14-16-6-4-3-5-7-16;/h3-9,13,15,20,23H,10-12,14H2,1-2H3;1H/t15-,20+,21+;/m0./s1. The number of nitrogens with zero attached hydrogens (tertiary/aromatic N) is 1. The van der Waals surface area contributed by atoms with Crippen molar-refractivity contribution in [3.05, 3.63) is 65.2 Å². The van der Waals surface area contributed by atoms with Crippen LogP contribution in [0.2, 0.25) is 0 Å². The number of phenols is 1. The molecule has 24 heavy (non-hydrogen) atoms. The monoisotopic (exact) mass is 387 g/mol. The molecule has 0 amide bonds. The molecule has 0 saturated carbocycles. The molecule has 1 saturated heterocycles. The lowest BCUT2D eigenvalue weighted by molar-refractivity contribution is 0.0258. The van der Waals surface area contributed by atoms with Gasteiger partial charge in [0.2, 0.25) is 0 Å². The number of likely N-dealkylation sites (tertiary alicyclic amines) is 1. The van der Waals surface area contributed by atoms with Gasteiger partial charge in [-0.15, -0.1) is 17.0 Å². The highest BCUT2D eigenvalue weighted by atomic mass is 79.9. The van der Waals surface area contributed by atoms with Gasteiger partial charge in [-0.2, -0.15) is 0 Å². The van der Waals surface area contributed by atoms with Gasteiger partial charge in [0, 0.05) is 12.6 Å². The fraction of sp³-hybridized carbons (Fsp3) is 0.429. The van der Waals surface area contributed by atoms with E-state index >= 15 is 0 Å². The van der Waals surface area contributed by atoms with E-state index in [9.17, 15) is 5.11 Å². The van der Waals surface area contributed by atoms with Crippen LogP contribution in [-0.4, -0.2) is 22.6 Å². The quantitative estimate of drug-likeness (QED) is 0.807. The van der Waals surface area contributed by atoms with Gasteiger partial charge in [0.05, 0.1) is 0 Å². The lowest BCUT2D eigenvalue weighted by Gasteiger charge is -2.54. The largest absolute Gasteiger partial charge is 0.508 e. The molecule has 1 N–H and O–H groups in total. The molecule has 2 aliphatic rings. The predicted octanol–water partition coefficient (Wildman–Crippen LogP) is 4.69. The SMILES string of the molecule is Br.C[C@H]1[C@H]2Cc3ccc(O)cc3[C@]1(C)CCN2Cc1ccccc1. The Morgan fingerprint density at radius 1 is 1.17 bits per heavy atom. The van der Waals surface area contributed by atoms with Crippen LogP contribution in [0, 0.1) is 5.92 Å². The number of aromatic hydroxyl groups is 1. The van der Waals surface area contributed by atoms with Gasteiger partial charge in [0.15, 0.2) is 0 Å². The summed E-state index contributed by atoms with van der Waals surface area (Å²) in [5.74, 6) is 1.01. The van der Waals surface area contributed by atoms with Crippen molar-refractivity contribution in [1.82, 2.24) is 4.90 Å². The molecular formula is C21H26BrNO. The number of halogens is 1. The Balaban J connectivity index is 0.00000169. The molecule has 1 aliphatic heterocycles. The van der Waals surface area contributed by atoms with E-state index in [0.29, 0.717) is 17.7 Å². The lowest BCUT2D eigenvalue weighted by Crippen LogP contribution is -2.57. The second-order valence-corrected chi connectivity index (χ2v) is 7.53. The zero-order valence-electron chi connectivity index (χ0n) is 14.4. The van der Waals surface area contributed by atoms with Crippen LogP contribution in [0.1, 0.15) is 37.0 Å². The topological polar surface area (TPSA) is 23.5 Å². The molecule has 3 atom stereocenters. The summed E-state index contributed by atoms with van der Waals surface area (Å²) in [4.78, 5) is 2.66. The molecule has 0 radical (unpaired) electrons. The third-order valence-corrected chi connectivity index (χ3v) is 6.34. The zero-order valence-corrected chi connectivity index (χ0v) is 16.1. The summed E-state index contributed by atoms with van der Waals surface area (Å²) in [6, 6.07) is 17.4. The highest BCUT2D eigenvalue weighted by Crippen LogP contribution is 2.49. The Bertz CT molecular complexity index is 717. The molecule has 2 bridgehead atoms. The van der Waals surface area contributed by atoms with E-state index in [-0.39, 0.29) is 22.4 Å². The van der Waals surface area contributed by atoms with E-state index in [2.05, 4.69) is 55.1 Å². The Labute approximate surface area is 155 Å². The molecule has 4 rings (SSSR count). The normalized spacial score (nSPS) is 28.8. The molecule has 0 spiro atoms. The fourth-order valence-electron chi connectivity index (χ4n) is 4.71. The van der Waals surface area contributed by atoms with Gasteiger partial charge >= 0.3 is 0 Å². The summed E-state index contributed by atoms with van der Waals surface area (Å²) >= 11 is 0. The van der Waals surface area contributed by atoms with E-state index in [0.717, 1.165) is 25.9 Å². The minimum absolute atomic E-state index is 0. The number of hydrogen-bond acceptors (Lipinski definition) is 2. The Kier molecular flexibility index (Phi) is 4.76. The maximum Gasteiger partial charge on any atom is 0.115 e. The number of fused-ring (bicyclic) bond motifs is 4. The van der Waals surface area contributed by atoms with Gasteiger partial charge in [-0.3, -0.25) is 4.90 Å². The fourth-order valence-corrected chi connectivity index (χ4v) is 4.71. The van der Waals surface area contributed by atoms with E-state index in [4.69, 9.17) is 0 Å². The molecule has 1 heterocycles. The molecule has 1 aliphatic carbocycles. The minimum atomic E-state index is 0. The second-order valence-electron chi connectivity index (χ2n) is 7.53. The molecule has 2 nitrogen and oxygen atoms in total. The predicted molar refractivity (Wildman–Crippen MR) is 104 cm³/mol. The Hall–Kier alpha value is -1.32. The molecule has 3 heteroatoms. The van der Waals surface area contributed by atoms with E-state index in [1.165, 1.54) is 16.7 Å². The lowest BCUT2D eigenvalue weighted by atomic mass is 9.59. The molecule has 0 unspecified atom stereocenters. The van der Waals surface area contributed by atoms with Gasteiger partial charge < -0.3 is 5.11 Å². The third-order valence-electron chi connectivity index (χ3n) is 6.34. The van der Waals surface area contributed by atoms with Crippen LogP contribution >= 0.6 is 17.0 Å². The van der Waals surface area contributed by atoms with Crippen LogP contribution < -0.4 is 0 Å². The van der Waals surface area contributed by atoms with Crippen molar-refractivity contribution in [2.24, 2.45) is 5.92 Å². The van der Waals surface area contributed by atoms with Gasteiger partial charge in [-0.25, -0.2) is 0 Å². The van der Waals surface area contributed by atoms with Crippen molar-refractivity contribution in [2.75, 3.05) is 6.54 Å². The number of rotatable bonds is 2. The number of benzene rings is 2. The smallest absolute Gasteiger partial charge is 0.115 e. The first-order valence-electron chi connectivity index (χ1n) is 8.68. The molecule has 0 aromatic heterocycles. The average molecular weight is 388 g/mol. The minimum Gasteiger partial charge on any atom is -0.508 e. The van der Waals surface area contributed by atoms with Crippen molar-refractivity contribution in [3.8, 4) is 5.75 Å². The van der Waals surface area contributed by atoms with Gasteiger partial charge in [0.1, 0.15) is 5.75 Å². The van der Waals surface area contributed by atoms with Crippen LogP contribution in [0.25, 0.3) is 0 Å². The maximum absolute atomic E-state index is 9.92. The summed E-state index contributed by atoms with van der Waals surface area (Å²) in [5.41, 5.74) is 4.39. The van der Waals surface area contributed by atoms with Crippen molar-refractivity contribution in [3.63, 3.8) is 0 Å². The van der Waals surface area contributed by atoms with Crippen LogP contribution in [-0.2, 0) is 18.4 Å². The summed E-state index contributed by atoms with van der Waals surface area (Å²) in [5, 5.41) is 9.92. The van der Waals surface area contributed by atoms with Crippen molar-refractivity contribution in [2.45, 2.75) is 44.7 Å². The first-order valence-corrected chi connectivity index (χ1v) is 8.68. The Morgan fingerprint density at radius 2 is 1.92 bits per heavy atom. The molecule has 128 valence electrons. The van der Waals surface area contributed by atoms with Gasteiger partial charge in [-0.1, -0.05) is 50.2 Å². The first kappa shape index (κ1) is 17.5. The summed E-state index contributed by atoms with van der Waals surface area (Å²) in [6.45, 7) is 6.96. The van der Waals surface area contributed by atoms with Gasteiger partial charge in [-0.05, 0) is 59.5 Å². The van der Waals surface area contributed by atoms with E-state index in [1.807, 2.05) is 12.1 Å². The zero-order chi connectivity index (χ0) is 16.0. The molecular weight excluding hydrogens is 362 g/mol. The number of phenolic OH excluding ortho intramolecular Hbond substituents is 1. The van der Waals surface area contributed by atoms with Crippen molar-refractivity contribution >= 4 is 17.0 Å². The van der Waals surface area contributed by atoms with E-state index < -0.39 is 0 Å². The Morgan fingerprint density at radius 3 is 2.67 bits per heavy atom. The number of hydrogen-bond donors (Lipinski definition) is 1. The van der Waals surface area contributed by atoms with Crippen LogP contribution in [0.15, 0.2) is 48.5 Å². The molecule has 2 aromatic rings. The molecule has 2 aromatic carbocycles. The summed E-state index contributed by atoms with van der Waals surface area (Å²) < 4.78 is 0. The second kappa shape index (κ2) is 6.53. The van der Waals surface area contributed by atoms with Crippen LogP contribution in [0.3, 0.4) is 0 Å². The van der Waals surface area contributed by atoms with Gasteiger partial charge in [0.25, 0.3) is 0 Å². The number of piperidine rings is 1. The van der Waals surface area contributed by atoms with Crippen molar-refractivity contribution in [1.29, 1.82) is 0 Å². The highest BCUT2D eigenvalue weighted by molar-refractivity contribution is 8.93. The van der Waals surface area contributed by atoms with Crippen LogP contribution in [0.4, 0.5) is 0 Å². The van der Waals surface area contributed by atoms with Crippen molar-refractivity contribution < 1.29 is 5.11 Å². The highest BCUT2D eigenvalue weighted by Gasteiger charge is 2.48. The first-order chi connectivity index (χ1) is 11.1. The average Bonchev–Trinajstić information content (AvgIpc) is 2.55. The third kappa shape index (κ3) is 2.78. The summed E-state index contributed by atoms with van der Waals surface area (Å²) in [6.07, 6.45) is 2.26. The molecule has 1 fully saturated rings. The maximum atomic E-state index is 9.92. The van der Waals surface area contributed by atoms with E-state index in [1.54, 1.807) is 0 Å².